The Balaban J connectivity index is 1.21. The number of benzene rings is 1. The van der Waals surface area contributed by atoms with Gasteiger partial charge in [0.05, 0.1) is 12.1 Å². The average molecular weight is 492 g/mol. The molecule has 8 nitrogen and oxygen atoms in total. The summed E-state index contributed by atoms with van der Waals surface area (Å²) in [7, 11) is 0. The second-order valence-corrected chi connectivity index (χ2v) is 9.13. The lowest BCUT2D eigenvalue weighted by molar-refractivity contribution is -0.137. The number of rotatable bonds is 6. The molecule has 2 amide bonds. The highest BCUT2D eigenvalue weighted by Gasteiger charge is 2.38. The van der Waals surface area contributed by atoms with Crippen molar-refractivity contribution in [2.45, 2.75) is 56.0 Å². The molecule has 3 N–H and O–H groups in total. The zero-order chi connectivity index (χ0) is 25.1. The van der Waals surface area contributed by atoms with E-state index in [2.05, 4.69) is 20.6 Å². The van der Waals surface area contributed by atoms with Crippen molar-refractivity contribution < 1.29 is 27.9 Å². The van der Waals surface area contributed by atoms with Gasteiger partial charge in [-0.25, -0.2) is 9.97 Å². The first-order valence-corrected chi connectivity index (χ1v) is 11.6. The molecule has 0 unspecified atom stereocenters. The van der Waals surface area contributed by atoms with E-state index in [9.17, 15) is 27.9 Å². The van der Waals surface area contributed by atoms with E-state index >= 15 is 0 Å². The number of aromatic nitrogens is 2. The first-order chi connectivity index (χ1) is 16.6. The van der Waals surface area contributed by atoms with E-state index in [-0.39, 0.29) is 30.1 Å². The Morgan fingerprint density at radius 3 is 2.49 bits per heavy atom. The van der Waals surface area contributed by atoms with Gasteiger partial charge in [-0.3, -0.25) is 9.59 Å². The number of alkyl halides is 3. The summed E-state index contributed by atoms with van der Waals surface area (Å²) in [6.45, 7) is 0.737. The lowest BCUT2D eigenvalue weighted by Gasteiger charge is -2.36. The monoisotopic (exact) mass is 491 g/mol. The van der Waals surface area contributed by atoms with Crippen molar-refractivity contribution in [3.05, 3.63) is 59.7 Å². The molecule has 2 fully saturated rings. The van der Waals surface area contributed by atoms with Crippen molar-refractivity contribution in [1.29, 1.82) is 0 Å². The van der Waals surface area contributed by atoms with Crippen molar-refractivity contribution >= 4 is 11.8 Å². The molecule has 2 aromatic rings. The molecule has 1 saturated heterocycles. The molecule has 1 saturated carbocycles. The zero-order valence-corrected chi connectivity index (χ0v) is 19.1. The van der Waals surface area contributed by atoms with Gasteiger partial charge in [-0.15, -0.1) is 0 Å². The molecule has 188 valence electrons. The maximum Gasteiger partial charge on any atom is 0.416 e. The van der Waals surface area contributed by atoms with Crippen LogP contribution in [0.1, 0.15) is 53.8 Å². The van der Waals surface area contributed by atoms with Crippen LogP contribution in [0.5, 0.6) is 0 Å². The van der Waals surface area contributed by atoms with Crippen LogP contribution >= 0.6 is 0 Å². The maximum atomic E-state index is 12.9. The third kappa shape index (κ3) is 6.15. The first kappa shape index (κ1) is 25.1. The summed E-state index contributed by atoms with van der Waals surface area (Å²) < 4.78 is 38.6. The second-order valence-electron chi connectivity index (χ2n) is 9.13. The summed E-state index contributed by atoms with van der Waals surface area (Å²) in [5, 5.41) is 16.9. The number of carbonyl (C=O) groups is 2. The molecule has 4 rings (SSSR count). The van der Waals surface area contributed by atoms with Crippen LogP contribution in [0.3, 0.4) is 0 Å². The highest BCUT2D eigenvalue weighted by molar-refractivity contribution is 5.96. The van der Waals surface area contributed by atoms with Crippen molar-refractivity contribution in [2.75, 3.05) is 19.6 Å². The van der Waals surface area contributed by atoms with Crippen LogP contribution in [-0.2, 0) is 16.6 Å². The summed E-state index contributed by atoms with van der Waals surface area (Å²) in [6.07, 6.45) is 2.06. The summed E-state index contributed by atoms with van der Waals surface area (Å²) in [6, 6.07) is 6.12. The average Bonchev–Trinajstić information content (AvgIpc) is 3.32. The number of likely N-dealkylation sites (tertiary alicyclic amines) is 1. The van der Waals surface area contributed by atoms with Crippen LogP contribution < -0.4 is 10.6 Å². The van der Waals surface area contributed by atoms with Crippen LogP contribution in [0, 0.1) is 0 Å². The Morgan fingerprint density at radius 2 is 1.80 bits per heavy atom. The molecule has 1 aliphatic carbocycles. The molecule has 1 aromatic heterocycles. The van der Waals surface area contributed by atoms with Gasteiger partial charge in [0.15, 0.2) is 5.82 Å². The van der Waals surface area contributed by atoms with Gasteiger partial charge in [-0.05, 0) is 56.4 Å². The van der Waals surface area contributed by atoms with Crippen LogP contribution in [0.2, 0.25) is 0 Å². The van der Waals surface area contributed by atoms with E-state index in [0.29, 0.717) is 31.8 Å². The van der Waals surface area contributed by atoms with Crippen LogP contribution in [0.25, 0.3) is 0 Å². The summed E-state index contributed by atoms with van der Waals surface area (Å²) in [4.78, 5) is 34.8. The van der Waals surface area contributed by atoms with Gasteiger partial charge in [0.1, 0.15) is 5.60 Å². The lowest BCUT2D eigenvalue weighted by Crippen LogP contribution is -2.46. The summed E-state index contributed by atoms with van der Waals surface area (Å²) in [5.74, 6) is -0.562. The number of aliphatic hydroxyl groups is 1. The van der Waals surface area contributed by atoms with E-state index in [0.717, 1.165) is 37.5 Å². The van der Waals surface area contributed by atoms with E-state index < -0.39 is 23.2 Å². The number of halogens is 3. The SMILES string of the molecule is O=C(NCC(=O)N1CC[C@H](NC2CCC(O)(c3ncccn3)CC2)C1)c1cccc(C(F)(F)F)c1. The fourth-order valence-electron chi connectivity index (χ4n) is 4.69. The molecule has 2 aliphatic rings. The van der Waals surface area contributed by atoms with Crippen molar-refractivity contribution in [3.63, 3.8) is 0 Å². The minimum atomic E-state index is -4.55. The predicted octanol–water partition coefficient (Wildman–Crippen LogP) is 2.25. The minimum Gasteiger partial charge on any atom is -0.382 e. The van der Waals surface area contributed by atoms with Crippen molar-refractivity contribution in [1.82, 2.24) is 25.5 Å². The van der Waals surface area contributed by atoms with E-state index in [1.807, 2.05) is 0 Å². The lowest BCUT2D eigenvalue weighted by atomic mass is 9.81. The third-order valence-corrected chi connectivity index (χ3v) is 6.66. The highest BCUT2D eigenvalue weighted by Crippen LogP contribution is 2.35. The quantitative estimate of drug-likeness (QED) is 0.572. The van der Waals surface area contributed by atoms with Gasteiger partial charge in [0.25, 0.3) is 5.91 Å². The second kappa shape index (κ2) is 10.3. The zero-order valence-electron chi connectivity index (χ0n) is 19.1. The largest absolute Gasteiger partial charge is 0.416 e. The molecule has 1 aliphatic heterocycles. The number of nitrogens with one attached hydrogen (secondary N) is 2. The van der Waals surface area contributed by atoms with Gasteiger partial charge in [-0.2, -0.15) is 13.2 Å². The molecule has 2 heterocycles. The Hall–Kier alpha value is -3.05. The Labute approximate surface area is 200 Å². The Bertz CT molecular complexity index is 1040. The number of hydrogen-bond acceptors (Lipinski definition) is 6. The van der Waals surface area contributed by atoms with Crippen LogP contribution in [0.4, 0.5) is 13.2 Å². The molecule has 0 spiro atoms. The van der Waals surface area contributed by atoms with E-state index in [1.54, 1.807) is 23.4 Å². The van der Waals surface area contributed by atoms with Crippen molar-refractivity contribution in [2.24, 2.45) is 0 Å². The smallest absolute Gasteiger partial charge is 0.382 e. The fraction of sp³-hybridized carbons (Fsp3) is 0.500. The van der Waals surface area contributed by atoms with Gasteiger partial charge in [0, 0.05) is 43.1 Å². The van der Waals surface area contributed by atoms with E-state index in [4.69, 9.17) is 0 Å². The van der Waals surface area contributed by atoms with Crippen LogP contribution in [0.15, 0.2) is 42.7 Å². The molecular weight excluding hydrogens is 463 g/mol. The molecule has 1 aromatic carbocycles. The number of hydrogen-bond donors (Lipinski definition) is 3. The molecule has 0 bridgehead atoms. The molecule has 11 heteroatoms. The molecule has 0 radical (unpaired) electrons. The topological polar surface area (TPSA) is 107 Å². The Morgan fingerprint density at radius 1 is 1.09 bits per heavy atom. The summed E-state index contributed by atoms with van der Waals surface area (Å²) in [5.41, 5.74) is -2.08. The summed E-state index contributed by atoms with van der Waals surface area (Å²) >= 11 is 0. The number of amides is 2. The minimum absolute atomic E-state index is 0.0993. The maximum absolute atomic E-state index is 12.9. The van der Waals surface area contributed by atoms with Gasteiger partial charge in [-0.1, -0.05) is 6.07 Å². The predicted molar refractivity (Wildman–Crippen MR) is 120 cm³/mol. The molecule has 35 heavy (non-hydrogen) atoms. The molecular formula is C24H28F3N5O3. The number of nitrogens with zero attached hydrogens (tertiary/aromatic N) is 3. The first-order valence-electron chi connectivity index (χ1n) is 11.6. The van der Waals surface area contributed by atoms with Crippen molar-refractivity contribution in [3.8, 4) is 0 Å². The normalized spacial score (nSPS) is 24.9. The van der Waals surface area contributed by atoms with Gasteiger partial charge >= 0.3 is 6.18 Å². The standard InChI is InChI=1S/C24H28F3N5O3/c25-24(26,27)17-4-1-3-16(13-17)21(34)30-14-20(33)32-12-7-19(15-32)31-18-5-8-23(35,9-6-18)22-28-10-2-11-29-22/h1-4,10-11,13,18-19,31,35H,5-9,12,14-15H2,(H,30,34)/t18?,19-,23?/m0/s1. The fourth-order valence-corrected chi connectivity index (χ4v) is 4.69. The highest BCUT2D eigenvalue weighted by atomic mass is 19.4. The van der Waals surface area contributed by atoms with Gasteiger partial charge < -0.3 is 20.6 Å². The van der Waals surface area contributed by atoms with E-state index in [1.165, 1.54) is 6.07 Å². The number of carbonyl (C=O) groups excluding carboxylic acids is 2. The third-order valence-electron chi connectivity index (χ3n) is 6.66. The Kier molecular flexibility index (Phi) is 7.36. The molecule has 1 atom stereocenters. The van der Waals surface area contributed by atoms with Crippen LogP contribution in [-0.4, -0.2) is 63.5 Å². The van der Waals surface area contributed by atoms with Gasteiger partial charge in [0.2, 0.25) is 5.91 Å².